The van der Waals surface area contributed by atoms with E-state index < -0.39 is 5.82 Å². The Morgan fingerprint density at radius 2 is 2.04 bits per heavy atom. The molecule has 0 spiro atoms. The molecule has 0 bridgehead atoms. The van der Waals surface area contributed by atoms with Crippen LogP contribution in [0.4, 0.5) is 20.0 Å². The molecule has 4 rings (SSSR count). The Morgan fingerprint density at radius 1 is 1.23 bits per heavy atom. The molecule has 0 saturated carbocycles. The fourth-order valence-corrected chi connectivity index (χ4v) is 4.07. The smallest absolute Gasteiger partial charge is 0.322 e. The van der Waals surface area contributed by atoms with Crippen LogP contribution < -0.4 is 10.2 Å². The van der Waals surface area contributed by atoms with Crippen molar-refractivity contribution in [2.24, 2.45) is 0 Å². The maximum absolute atomic E-state index is 13.9. The maximum atomic E-state index is 13.9. The van der Waals surface area contributed by atoms with E-state index in [1.54, 1.807) is 34.6 Å². The zero-order valence-electron chi connectivity index (χ0n) is 13.7. The summed E-state index contributed by atoms with van der Waals surface area (Å²) in [7, 11) is 0. The summed E-state index contributed by atoms with van der Waals surface area (Å²) in [6, 6.07) is 8.08. The number of thiazole rings is 1. The maximum Gasteiger partial charge on any atom is 0.322 e. The normalized spacial score (nSPS) is 14.7. The first-order valence-electron chi connectivity index (χ1n) is 8.07. The average Bonchev–Trinajstić information content (AvgIpc) is 3.08. The third-order valence-electron chi connectivity index (χ3n) is 4.17. The van der Waals surface area contributed by atoms with Crippen molar-refractivity contribution >= 4 is 54.5 Å². The van der Waals surface area contributed by atoms with Crippen LogP contribution in [0, 0.1) is 5.82 Å². The minimum atomic E-state index is -0.465. The number of amides is 2. The standard InChI is InChI=1S/C17H15BrFN5OS/c18-11-3-4-13(12(19)10-11)21-16(25)23-6-8-24(9-7-23)17-22-14-2-1-5-20-15(14)26-17/h1-5,10H,6-9H2,(H,21,25). The van der Waals surface area contributed by atoms with Gasteiger partial charge in [0.25, 0.3) is 0 Å². The van der Waals surface area contributed by atoms with Gasteiger partial charge in [-0.1, -0.05) is 27.3 Å². The zero-order valence-corrected chi connectivity index (χ0v) is 16.1. The number of nitrogens with zero attached hydrogens (tertiary/aromatic N) is 4. The first-order valence-corrected chi connectivity index (χ1v) is 9.68. The number of hydrogen-bond acceptors (Lipinski definition) is 5. The molecule has 1 aliphatic heterocycles. The minimum Gasteiger partial charge on any atom is -0.344 e. The first kappa shape index (κ1) is 17.2. The fraction of sp³-hybridized carbons (Fsp3) is 0.235. The van der Waals surface area contributed by atoms with Crippen LogP contribution in [-0.2, 0) is 0 Å². The van der Waals surface area contributed by atoms with E-state index in [4.69, 9.17) is 0 Å². The predicted octanol–water partition coefficient (Wildman–Crippen LogP) is 3.95. The Hall–Kier alpha value is -2.26. The number of carbonyl (C=O) groups is 1. The van der Waals surface area contributed by atoms with E-state index in [0.717, 1.165) is 15.5 Å². The molecule has 0 radical (unpaired) electrons. The Morgan fingerprint density at radius 3 is 2.77 bits per heavy atom. The molecule has 3 heterocycles. The molecule has 6 nitrogen and oxygen atoms in total. The molecule has 0 unspecified atom stereocenters. The van der Waals surface area contributed by atoms with Crippen LogP contribution in [0.5, 0.6) is 0 Å². The second kappa shape index (κ2) is 7.16. The molecule has 1 aliphatic rings. The van der Waals surface area contributed by atoms with E-state index in [9.17, 15) is 9.18 Å². The molecular weight excluding hydrogens is 421 g/mol. The molecule has 0 aliphatic carbocycles. The van der Waals surface area contributed by atoms with Gasteiger partial charge >= 0.3 is 6.03 Å². The van der Waals surface area contributed by atoms with Gasteiger partial charge in [-0.25, -0.2) is 19.2 Å². The van der Waals surface area contributed by atoms with E-state index in [2.05, 4.69) is 36.1 Å². The van der Waals surface area contributed by atoms with Gasteiger partial charge in [-0.15, -0.1) is 0 Å². The predicted molar refractivity (Wildman–Crippen MR) is 104 cm³/mol. The fourth-order valence-electron chi connectivity index (χ4n) is 2.78. The number of carbonyl (C=O) groups excluding carboxylic acids is 1. The monoisotopic (exact) mass is 435 g/mol. The van der Waals surface area contributed by atoms with Crippen LogP contribution in [0.3, 0.4) is 0 Å². The number of benzene rings is 1. The summed E-state index contributed by atoms with van der Waals surface area (Å²) in [5, 5.41) is 3.55. The van der Waals surface area contributed by atoms with Crippen LogP contribution in [0.2, 0.25) is 0 Å². The van der Waals surface area contributed by atoms with Crippen molar-refractivity contribution in [3.63, 3.8) is 0 Å². The summed E-state index contributed by atoms with van der Waals surface area (Å²) in [5.74, 6) is -0.465. The van der Waals surface area contributed by atoms with E-state index in [1.165, 1.54) is 6.07 Å². The number of piperazine rings is 1. The largest absolute Gasteiger partial charge is 0.344 e. The zero-order chi connectivity index (χ0) is 18.1. The molecular formula is C17H15BrFN5OS. The third kappa shape index (κ3) is 3.49. The Balaban J connectivity index is 1.39. The lowest BCUT2D eigenvalue weighted by Crippen LogP contribution is -2.50. The highest BCUT2D eigenvalue weighted by molar-refractivity contribution is 9.10. The van der Waals surface area contributed by atoms with Crippen molar-refractivity contribution in [1.29, 1.82) is 0 Å². The number of urea groups is 1. The van der Waals surface area contributed by atoms with Crippen molar-refractivity contribution in [3.05, 3.63) is 46.8 Å². The van der Waals surface area contributed by atoms with Crippen LogP contribution in [-0.4, -0.2) is 47.1 Å². The van der Waals surface area contributed by atoms with E-state index in [-0.39, 0.29) is 11.7 Å². The second-order valence-corrected chi connectivity index (χ2v) is 7.72. The Labute approximate surface area is 161 Å². The van der Waals surface area contributed by atoms with Gasteiger partial charge in [0.1, 0.15) is 16.2 Å². The van der Waals surface area contributed by atoms with E-state index in [1.807, 2.05) is 12.1 Å². The van der Waals surface area contributed by atoms with Crippen molar-refractivity contribution in [2.45, 2.75) is 0 Å². The van der Waals surface area contributed by atoms with Crippen molar-refractivity contribution in [1.82, 2.24) is 14.9 Å². The number of aromatic nitrogens is 2. The van der Waals surface area contributed by atoms with Gasteiger partial charge in [0.2, 0.25) is 0 Å². The summed E-state index contributed by atoms with van der Waals surface area (Å²) in [6.07, 6.45) is 1.76. The van der Waals surface area contributed by atoms with E-state index in [0.29, 0.717) is 30.7 Å². The molecule has 9 heteroatoms. The van der Waals surface area contributed by atoms with Crippen LogP contribution in [0.1, 0.15) is 0 Å². The van der Waals surface area contributed by atoms with Gasteiger partial charge in [-0.3, -0.25) is 0 Å². The lowest BCUT2D eigenvalue weighted by molar-refractivity contribution is 0.208. The number of rotatable bonds is 2. The van der Waals surface area contributed by atoms with Gasteiger partial charge in [0, 0.05) is 36.8 Å². The van der Waals surface area contributed by atoms with Gasteiger partial charge < -0.3 is 15.1 Å². The number of fused-ring (bicyclic) bond motifs is 1. The summed E-state index contributed by atoms with van der Waals surface area (Å²) < 4.78 is 14.5. The molecule has 0 atom stereocenters. The SMILES string of the molecule is O=C(Nc1ccc(Br)cc1F)N1CCN(c2nc3cccnc3s2)CC1. The second-order valence-electron chi connectivity index (χ2n) is 5.85. The van der Waals surface area contributed by atoms with Gasteiger partial charge in [-0.05, 0) is 30.3 Å². The lowest BCUT2D eigenvalue weighted by Gasteiger charge is -2.34. The number of nitrogens with one attached hydrogen (secondary N) is 1. The first-order chi connectivity index (χ1) is 12.6. The molecule has 1 saturated heterocycles. The van der Waals surface area contributed by atoms with Crippen molar-refractivity contribution in [2.75, 3.05) is 36.4 Å². The lowest BCUT2D eigenvalue weighted by atomic mass is 10.3. The highest BCUT2D eigenvalue weighted by Gasteiger charge is 2.23. The molecule has 26 heavy (non-hydrogen) atoms. The summed E-state index contributed by atoms with van der Waals surface area (Å²) >= 11 is 4.75. The Kier molecular flexibility index (Phi) is 4.73. The summed E-state index contributed by atoms with van der Waals surface area (Å²) in [5.41, 5.74) is 1.07. The number of halogens is 2. The molecule has 1 N–H and O–H groups in total. The average molecular weight is 436 g/mol. The Bertz CT molecular complexity index is 924. The number of pyridine rings is 1. The molecule has 3 aromatic rings. The van der Waals surface area contributed by atoms with Crippen molar-refractivity contribution in [3.8, 4) is 0 Å². The highest BCUT2D eigenvalue weighted by atomic mass is 79.9. The number of hydrogen-bond donors (Lipinski definition) is 1. The van der Waals surface area contributed by atoms with Crippen LogP contribution >= 0.6 is 27.3 Å². The molecule has 2 aromatic heterocycles. The molecule has 134 valence electrons. The molecule has 1 aromatic carbocycles. The minimum absolute atomic E-state index is 0.179. The number of anilines is 2. The summed E-state index contributed by atoms with van der Waals surface area (Å²) in [6.45, 7) is 2.45. The van der Waals surface area contributed by atoms with Gasteiger partial charge in [0.15, 0.2) is 5.13 Å². The molecule has 2 amide bonds. The van der Waals surface area contributed by atoms with Gasteiger partial charge in [-0.2, -0.15) is 0 Å². The molecule has 1 fully saturated rings. The van der Waals surface area contributed by atoms with Crippen LogP contribution in [0.15, 0.2) is 41.0 Å². The van der Waals surface area contributed by atoms with Gasteiger partial charge in [0.05, 0.1) is 5.69 Å². The summed E-state index contributed by atoms with van der Waals surface area (Å²) in [4.78, 5) is 26.0. The quantitative estimate of drug-likeness (QED) is 0.661. The van der Waals surface area contributed by atoms with Crippen molar-refractivity contribution < 1.29 is 9.18 Å². The topological polar surface area (TPSA) is 61.4 Å². The van der Waals surface area contributed by atoms with E-state index >= 15 is 0 Å². The van der Waals surface area contributed by atoms with Crippen LogP contribution in [0.25, 0.3) is 10.3 Å². The third-order valence-corrected chi connectivity index (χ3v) is 5.70. The highest BCUT2D eigenvalue weighted by Crippen LogP contribution is 2.27.